The third-order valence-corrected chi connectivity index (χ3v) is 3.44. The monoisotopic (exact) mass is 208 g/mol. The van der Waals surface area contributed by atoms with E-state index in [0.29, 0.717) is 0 Å². The molecule has 0 amide bonds. The molecule has 0 bridgehead atoms. The van der Waals surface area contributed by atoms with E-state index in [0.717, 1.165) is 24.8 Å². The molecule has 2 heteroatoms. The maximum atomic E-state index is 11.8. The molecule has 2 nitrogen and oxygen atoms in total. The normalized spacial score (nSPS) is 20.3. The summed E-state index contributed by atoms with van der Waals surface area (Å²) in [5.41, 5.74) is 2.21. The molecule has 0 N–H and O–H groups in total. The predicted molar refractivity (Wildman–Crippen MR) is 60.6 cm³/mol. The number of allylic oxidation sites excluding steroid dienone is 2. The largest absolute Gasteiger partial charge is 0.300 e. The van der Waals surface area contributed by atoms with Crippen LogP contribution in [0.4, 0.5) is 0 Å². The molecule has 1 aliphatic carbocycles. The van der Waals surface area contributed by atoms with E-state index in [9.17, 15) is 9.59 Å². The number of rotatable bonds is 3. The highest BCUT2D eigenvalue weighted by atomic mass is 16.1. The summed E-state index contributed by atoms with van der Waals surface area (Å²) in [6, 6.07) is 0. The van der Waals surface area contributed by atoms with Crippen molar-refractivity contribution in [3.63, 3.8) is 0 Å². The molecule has 1 rings (SSSR count). The Morgan fingerprint density at radius 1 is 1.33 bits per heavy atom. The number of hydrogen-bond acceptors (Lipinski definition) is 2. The van der Waals surface area contributed by atoms with Gasteiger partial charge in [0.1, 0.15) is 5.78 Å². The second-order valence-corrected chi connectivity index (χ2v) is 5.14. The van der Waals surface area contributed by atoms with E-state index in [2.05, 4.69) is 13.8 Å². The van der Waals surface area contributed by atoms with Gasteiger partial charge in [-0.05, 0) is 44.1 Å². The molecule has 0 spiro atoms. The Bertz CT molecular complexity index is 321. The molecule has 15 heavy (non-hydrogen) atoms. The lowest BCUT2D eigenvalue weighted by molar-refractivity contribution is -0.124. The highest BCUT2D eigenvalue weighted by Gasteiger charge is 2.29. The number of carbonyl (C=O) groups excluding carboxylic acids is 2. The highest BCUT2D eigenvalue weighted by Crippen LogP contribution is 2.40. The Balaban J connectivity index is 2.93. The van der Waals surface area contributed by atoms with Gasteiger partial charge < -0.3 is 0 Å². The van der Waals surface area contributed by atoms with Crippen LogP contribution in [0, 0.1) is 5.41 Å². The van der Waals surface area contributed by atoms with Crippen LogP contribution in [0.1, 0.15) is 53.4 Å². The average Bonchev–Trinajstić information content (AvgIpc) is 2.08. The van der Waals surface area contributed by atoms with E-state index in [4.69, 9.17) is 0 Å². The molecule has 0 saturated heterocycles. The molecular formula is C13H20O2. The summed E-state index contributed by atoms with van der Waals surface area (Å²) in [6.07, 6.45) is 3.11. The zero-order chi connectivity index (χ0) is 11.6. The highest BCUT2D eigenvalue weighted by molar-refractivity contribution is 6.07. The summed E-state index contributed by atoms with van der Waals surface area (Å²) < 4.78 is 0. The van der Waals surface area contributed by atoms with E-state index in [1.54, 1.807) is 0 Å². The van der Waals surface area contributed by atoms with E-state index in [-0.39, 0.29) is 23.4 Å². The Morgan fingerprint density at radius 2 is 1.93 bits per heavy atom. The smallest absolute Gasteiger partial charge is 0.166 e. The van der Waals surface area contributed by atoms with Crippen LogP contribution < -0.4 is 0 Å². The molecule has 0 aromatic heterocycles. The molecule has 0 unspecified atom stereocenters. The molecule has 0 fully saturated rings. The molecule has 0 aliphatic heterocycles. The molecular weight excluding hydrogens is 188 g/mol. The van der Waals surface area contributed by atoms with Gasteiger partial charge in [-0.25, -0.2) is 0 Å². The SMILES string of the molecule is CC(=O)CC(=O)C1=C(C)C(C)(C)CCC1. The van der Waals surface area contributed by atoms with Crippen molar-refractivity contribution in [2.75, 3.05) is 0 Å². The quantitative estimate of drug-likeness (QED) is 0.668. The van der Waals surface area contributed by atoms with Crippen LogP contribution in [0.3, 0.4) is 0 Å². The summed E-state index contributed by atoms with van der Waals surface area (Å²) in [6.45, 7) is 7.85. The summed E-state index contributed by atoms with van der Waals surface area (Å²) in [5.74, 6) is -0.00328. The van der Waals surface area contributed by atoms with Gasteiger partial charge in [0, 0.05) is 0 Å². The minimum atomic E-state index is -0.0383. The van der Waals surface area contributed by atoms with Crippen molar-refractivity contribution in [1.82, 2.24) is 0 Å². The van der Waals surface area contributed by atoms with Gasteiger partial charge in [0.15, 0.2) is 5.78 Å². The fourth-order valence-corrected chi connectivity index (χ4v) is 2.17. The minimum Gasteiger partial charge on any atom is -0.300 e. The van der Waals surface area contributed by atoms with Crippen molar-refractivity contribution in [3.05, 3.63) is 11.1 Å². The molecule has 0 aromatic rings. The van der Waals surface area contributed by atoms with Crippen molar-refractivity contribution in [2.45, 2.75) is 53.4 Å². The summed E-state index contributed by atoms with van der Waals surface area (Å²) >= 11 is 0. The van der Waals surface area contributed by atoms with Gasteiger partial charge in [-0.2, -0.15) is 0 Å². The zero-order valence-electron chi connectivity index (χ0n) is 10.1. The number of hydrogen-bond donors (Lipinski definition) is 0. The molecule has 1 aliphatic rings. The number of carbonyl (C=O) groups is 2. The second-order valence-electron chi connectivity index (χ2n) is 5.14. The van der Waals surface area contributed by atoms with Gasteiger partial charge in [0.2, 0.25) is 0 Å². The first-order chi connectivity index (χ1) is 6.84. The molecule has 84 valence electrons. The van der Waals surface area contributed by atoms with Crippen LogP contribution in [0.2, 0.25) is 0 Å². The Labute approximate surface area is 91.7 Å². The average molecular weight is 208 g/mol. The first-order valence-electron chi connectivity index (χ1n) is 5.57. The van der Waals surface area contributed by atoms with Crippen LogP contribution in [0.25, 0.3) is 0 Å². The van der Waals surface area contributed by atoms with E-state index in [1.165, 1.54) is 12.5 Å². The third kappa shape index (κ3) is 2.77. The van der Waals surface area contributed by atoms with Crippen molar-refractivity contribution >= 4 is 11.6 Å². The standard InChI is InChI=1S/C13H20O2/c1-9(14)8-12(15)11-6-5-7-13(3,4)10(11)2/h5-8H2,1-4H3. The van der Waals surface area contributed by atoms with Gasteiger partial charge in [-0.1, -0.05) is 19.4 Å². The predicted octanol–water partition coefficient (Wildman–Crippen LogP) is 3.06. The van der Waals surface area contributed by atoms with Gasteiger partial charge in [0.05, 0.1) is 6.42 Å². The summed E-state index contributed by atoms with van der Waals surface area (Å²) in [4.78, 5) is 22.7. The van der Waals surface area contributed by atoms with Gasteiger partial charge in [-0.15, -0.1) is 0 Å². The van der Waals surface area contributed by atoms with Crippen molar-refractivity contribution in [3.8, 4) is 0 Å². The Morgan fingerprint density at radius 3 is 2.47 bits per heavy atom. The van der Waals surface area contributed by atoms with Crippen LogP contribution in [-0.2, 0) is 9.59 Å². The fourth-order valence-electron chi connectivity index (χ4n) is 2.17. The fraction of sp³-hybridized carbons (Fsp3) is 0.692. The lowest BCUT2D eigenvalue weighted by atomic mass is 9.72. The van der Waals surface area contributed by atoms with E-state index < -0.39 is 0 Å². The second kappa shape index (κ2) is 4.30. The van der Waals surface area contributed by atoms with Crippen molar-refractivity contribution in [2.24, 2.45) is 5.41 Å². The Kier molecular flexibility index (Phi) is 3.48. The first kappa shape index (κ1) is 12.2. The Hall–Kier alpha value is -0.920. The van der Waals surface area contributed by atoms with Crippen LogP contribution in [0.15, 0.2) is 11.1 Å². The minimum absolute atomic E-state index is 0.0350. The lowest BCUT2D eigenvalue weighted by Crippen LogP contribution is -2.23. The third-order valence-electron chi connectivity index (χ3n) is 3.44. The van der Waals surface area contributed by atoms with Crippen LogP contribution >= 0.6 is 0 Å². The van der Waals surface area contributed by atoms with Gasteiger partial charge >= 0.3 is 0 Å². The van der Waals surface area contributed by atoms with Crippen molar-refractivity contribution in [1.29, 1.82) is 0 Å². The van der Waals surface area contributed by atoms with Crippen LogP contribution in [-0.4, -0.2) is 11.6 Å². The maximum Gasteiger partial charge on any atom is 0.166 e. The topological polar surface area (TPSA) is 34.1 Å². The van der Waals surface area contributed by atoms with Crippen molar-refractivity contribution < 1.29 is 9.59 Å². The molecule has 0 heterocycles. The number of Topliss-reactive ketones (excluding diaryl/α,β-unsaturated/α-hetero) is 2. The number of ketones is 2. The van der Waals surface area contributed by atoms with Crippen LogP contribution in [0.5, 0.6) is 0 Å². The van der Waals surface area contributed by atoms with E-state index >= 15 is 0 Å². The first-order valence-corrected chi connectivity index (χ1v) is 5.57. The van der Waals surface area contributed by atoms with E-state index in [1.807, 2.05) is 6.92 Å². The summed E-state index contributed by atoms with van der Waals surface area (Å²) in [7, 11) is 0. The molecule has 0 radical (unpaired) electrons. The van der Waals surface area contributed by atoms with Gasteiger partial charge in [-0.3, -0.25) is 9.59 Å². The summed E-state index contributed by atoms with van der Waals surface area (Å²) in [5, 5.41) is 0. The zero-order valence-corrected chi connectivity index (χ0v) is 10.1. The molecule has 0 aromatic carbocycles. The molecule has 0 saturated carbocycles. The molecule has 0 atom stereocenters. The van der Waals surface area contributed by atoms with Gasteiger partial charge in [0.25, 0.3) is 0 Å². The maximum absolute atomic E-state index is 11.8. The lowest BCUT2D eigenvalue weighted by Gasteiger charge is -2.32.